The zero-order chi connectivity index (χ0) is 8.04. The monoisotopic (exact) mass is 140 g/mol. The van der Waals surface area contributed by atoms with Crippen LogP contribution in [0.5, 0.6) is 0 Å². The van der Waals surface area contributed by atoms with Crippen LogP contribution in [0.2, 0.25) is 0 Å². The SMILES string of the molecule is CC(C)(CN)CCCC#N. The lowest BCUT2D eigenvalue weighted by molar-refractivity contribution is 0.339. The molecule has 58 valence electrons. The van der Waals surface area contributed by atoms with Crippen molar-refractivity contribution in [2.45, 2.75) is 33.1 Å². The average Bonchev–Trinajstić information content (AvgIpc) is 1.89. The second kappa shape index (κ2) is 4.29. The van der Waals surface area contributed by atoms with Crippen LogP contribution in [0.25, 0.3) is 0 Å². The fraction of sp³-hybridized carbons (Fsp3) is 0.875. The van der Waals surface area contributed by atoms with E-state index in [4.69, 9.17) is 11.0 Å². The zero-order valence-corrected chi connectivity index (χ0v) is 6.85. The van der Waals surface area contributed by atoms with Gasteiger partial charge in [-0.25, -0.2) is 0 Å². The van der Waals surface area contributed by atoms with Crippen molar-refractivity contribution in [2.24, 2.45) is 11.1 Å². The van der Waals surface area contributed by atoms with E-state index < -0.39 is 0 Å². The number of hydrogen-bond acceptors (Lipinski definition) is 2. The summed E-state index contributed by atoms with van der Waals surface area (Å²) >= 11 is 0. The van der Waals surface area contributed by atoms with Crippen molar-refractivity contribution in [3.05, 3.63) is 0 Å². The van der Waals surface area contributed by atoms with Gasteiger partial charge < -0.3 is 5.73 Å². The Morgan fingerprint density at radius 2 is 2.10 bits per heavy atom. The van der Waals surface area contributed by atoms with Gasteiger partial charge in [-0.15, -0.1) is 0 Å². The van der Waals surface area contributed by atoms with Crippen molar-refractivity contribution >= 4 is 0 Å². The van der Waals surface area contributed by atoms with Crippen LogP contribution in [0.4, 0.5) is 0 Å². The summed E-state index contributed by atoms with van der Waals surface area (Å²) in [5.74, 6) is 0. The first-order valence-corrected chi connectivity index (χ1v) is 3.69. The Morgan fingerprint density at radius 3 is 2.50 bits per heavy atom. The van der Waals surface area contributed by atoms with Gasteiger partial charge in [-0.1, -0.05) is 13.8 Å². The normalized spacial score (nSPS) is 11.0. The van der Waals surface area contributed by atoms with Crippen molar-refractivity contribution in [1.82, 2.24) is 0 Å². The molecular formula is C8H16N2. The molecule has 0 heterocycles. The Morgan fingerprint density at radius 1 is 1.50 bits per heavy atom. The average molecular weight is 140 g/mol. The summed E-state index contributed by atoms with van der Waals surface area (Å²) in [6.07, 6.45) is 2.68. The van der Waals surface area contributed by atoms with Crippen LogP contribution in [0, 0.1) is 16.7 Å². The van der Waals surface area contributed by atoms with E-state index in [1.54, 1.807) is 0 Å². The largest absolute Gasteiger partial charge is 0.330 e. The molecular weight excluding hydrogens is 124 g/mol. The van der Waals surface area contributed by atoms with Crippen molar-refractivity contribution in [3.8, 4) is 6.07 Å². The first kappa shape index (κ1) is 9.45. The number of nitrogens with two attached hydrogens (primary N) is 1. The summed E-state index contributed by atoms with van der Waals surface area (Å²) in [7, 11) is 0. The Kier molecular flexibility index (Phi) is 4.06. The van der Waals surface area contributed by atoms with E-state index in [0.29, 0.717) is 13.0 Å². The molecule has 0 bridgehead atoms. The van der Waals surface area contributed by atoms with Gasteiger partial charge in [-0.05, 0) is 24.8 Å². The van der Waals surface area contributed by atoms with Crippen molar-refractivity contribution in [3.63, 3.8) is 0 Å². The number of unbranched alkanes of at least 4 members (excludes halogenated alkanes) is 1. The number of nitrogens with zero attached hydrogens (tertiary/aromatic N) is 1. The van der Waals surface area contributed by atoms with Crippen LogP contribution >= 0.6 is 0 Å². The van der Waals surface area contributed by atoms with Crippen LogP contribution < -0.4 is 5.73 Å². The highest BCUT2D eigenvalue weighted by atomic mass is 14.6. The molecule has 0 aromatic heterocycles. The molecule has 0 rings (SSSR count). The molecule has 10 heavy (non-hydrogen) atoms. The van der Waals surface area contributed by atoms with E-state index in [1.165, 1.54) is 0 Å². The zero-order valence-electron chi connectivity index (χ0n) is 6.85. The minimum absolute atomic E-state index is 0.219. The van der Waals surface area contributed by atoms with Gasteiger partial charge in [0.25, 0.3) is 0 Å². The summed E-state index contributed by atoms with van der Waals surface area (Å²) < 4.78 is 0. The third-order valence-electron chi connectivity index (χ3n) is 1.69. The Hall–Kier alpha value is -0.550. The van der Waals surface area contributed by atoms with E-state index >= 15 is 0 Å². The molecule has 0 saturated carbocycles. The maximum absolute atomic E-state index is 8.25. The van der Waals surface area contributed by atoms with Crippen LogP contribution in [-0.4, -0.2) is 6.54 Å². The highest BCUT2D eigenvalue weighted by Gasteiger charge is 2.13. The lowest BCUT2D eigenvalue weighted by atomic mass is 9.88. The molecule has 0 atom stereocenters. The predicted molar refractivity (Wildman–Crippen MR) is 42.3 cm³/mol. The molecule has 0 aliphatic heterocycles. The second-order valence-corrected chi connectivity index (χ2v) is 3.38. The molecule has 0 fully saturated rings. The van der Waals surface area contributed by atoms with Crippen molar-refractivity contribution < 1.29 is 0 Å². The molecule has 0 aliphatic carbocycles. The molecule has 2 heteroatoms. The molecule has 0 amide bonds. The van der Waals surface area contributed by atoms with Gasteiger partial charge in [0.2, 0.25) is 0 Å². The summed E-state index contributed by atoms with van der Waals surface area (Å²) in [6, 6.07) is 2.12. The number of rotatable bonds is 4. The third kappa shape index (κ3) is 4.34. The Balaban J connectivity index is 3.39. The van der Waals surface area contributed by atoms with Crippen LogP contribution in [0.15, 0.2) is 0 Å². The van der Waals surface area contributed by atoms with E-state index in [1.807, 2.05) is 0 Å². The topological polar surface area (TPSA) is 49.8 Å². The molecule has 2 N–H and O–H groups in total. The van der Waals surface area contributed by atoms with E-state index in [0.717, 1.165) is 12.8 Å². The summed E-state index contributed by atoms with van der Waals surface area (Å²) in [5, 5.41) is 8.25. The van der Waals surface area contributed by atoms with Crippen LogP contribution in [0.3, 0.4) is 0 Å². The smallest absolute Gasteiger partial charge is 0.0621 e. The van der Waals surface area contributed by atoms with Gasteiger partial charge in [0.1, 0.15) is 0 Å². The maximum Gasteiger partial charge on any atom is 0.0621 e. The molecule has 0 aromatic carbocycles. The standard InChI is InChI=1S/C8H16N2/c1-8(2,7-10)5-3-4-6-9/h3-5,7,10H2,1-2H3. The lowest BCUT2D eigenvalue weighted by Crippen LogP contribution is -2.23. The van der Waals surface area contributed by atoms with Gasteiger partial charge in [-0.3, -0.25) is 0 Å². The Labute approximate surface area is 63.0 Å². The van der Waals surface area contributed by atoms with E-state index in [-0.39, 0.29) is 5.41 Å². The number of nitriles is 1. The van der Waals surface area contributed by atoms with Gasteiger partial charge in [-0.2, -0.15) is 5.26 Å². The highest BCUT2D eigenvalue weighted by Crippen LogP contribution is 2.20. The van der Waals surface area contributed by atoms with Gasteiger partial charge >= 0.3 is 0 Å². The minimum atomic E-state index is 0.219. The maximum atomic E-state index is 8.25. The van der Waals surface area contributed by atoms with Gasteiger partial charge in [0, 0.05) is 6.42 Å². The number of hydrogen-bond donors (Lipinski definition) is 1. The van der Waals surface area contributed by atoms with Crippen molar-refractivity contribution in [2.75, 3.05) is 6.54 Å². The van der Waals surface area contributed by atoms with Crippen LogP contribution in [-0.2, 0) is 0 Å². The summed E-state index contributed by atoms with van der Waals surface area (Å²) in [6.45, 7) is 4.97. The quantitative estimate of drug-likeness (QED) is 0.604. The fourth-order valence-corrected chi connectivity index (χ4v) is 0.748. The first-order valence-electron chi connectivity index (χ1n) is 3.69. The molecule has 0 spiro atoms. The fourth-order valence-electron chi connectivity index (χ4n) is 0.748. The Bertz CT molecular complexity index is 122. The summed E-state index contributed by atoms with van der Waals surface area (Å²) in [4.78, 5) is 0. The second-order valence-electron chi connectivity index (χ2n) is 3.38. The highest BCUT2D eigenvalue weighted by molar-refractivity contribution is 4.74. The third-order valence-corrected chi connectivity index (χ3v) is 1.69. The summed E-state index contributed by atoms with van der Waals surface area (Å²) in [5.41, 5.74) is 5.72. The lowest BCUT2D eigenvalue weighted by Gasteiger charge is -2.20. The van der Waals surface area contributed by atoms with E-state index in [2.05, 4.69) is 19.9 Å². The van der Waals surface area contributed by atoms with Gasteiger partial charge in [0.05, 0.1) is 6.07 Å². The molecule has 0 unspecified atom stereocenters. The van der Waals surface area contributed by atoms with Crippen molar-refractivity contribution in [1.29, 1.82) is 5.26 Å². The van der Waals surface area contributed by atoms with Crippen LogP contribution in [0.1, 0.15) is 33.1 Å². The molecule has 2 nitrogen and oxygen atoms in total. The van der Waals surface area contributed by atoms with E-state index in [9.17, 15) is 0 Å². The molecule has 0 aromatic rings. The molecule has 0 radical (unpaired) electrons. The predicted octanol–water partition coefficient (Wildman–Crippen LogP) is 1.67. The minimum Gasteiger partial charge on any atom is -0.330 e. The molecule has 0 aliphatic rings. The first-order chi connectivity index (χ1) is 4.62. The molecule has 0 saturated heterocycles. The van der Waals surface area contributed by atoms with Gasteiger partial charge in [0.15, 0.2) is 0 Å².